The van der Waals surface area contributed by atoms with Crippen LogP contribution in [0.2, 0.25) is 0 Å². The van der Waals surface area contributed by atoms with Crippen molar-refractivity contribution < 1.29 is 9.53 Å². The molecular weight excluding hydrogens is 204 g/mol. The Morgan fingerprint density at radius 1 is 1.62 bits per heavy atom. The van der Waals surface area contributed by atoms with E-state index in [9.17, 15) is 4.79 Å². The minimum absolute atomic E-state index is 0.193. The standard InChI is InChI=1S/C12H24N2O2/c1-4-13-11(9-16-3)8-14-7-5-6-10(2)12(14)15/h10-11,13H,4-9H2,1-3H3. The van der Waals surface area contributed by atoms with Crippen LogP contribution in [0.4, 0.5) is 0 Å². The van der Waals surface area contributed by atoms with Crippen molar-refractivity contribution in [3.05, 3.63) is 0 Å². The molecule has 1 saturated heterocycles. The first-order valence-corrected chi connectivity index (χ1v) is 6.20. The first-order valence-electron chi connectivity index (χ1n) is 6.20. The second-order valence-electron chi connectivity index (χ2n) is 4.54. The van der Waals surface area contributed by atoms with E-state index in [-0.39, 0.29) is 12.0 Å². The topological polar surface area (TPSA) is 41.6 Å². The second kappa shape index (κ2) is 6.86. The fourth-order valence-electron chi connectivity index (χ4n) is 2.25. The predicted molar refractivity (Wildman–Crippen MR) is 64.3 cm³/mol. The van der Waals surface area contributed by atoms with Crippen LogP contribution >= 0.6 is 0 Å². The third-order valence-corrected chi connectivity index (χ3v) is 3.10. The lowest BCUT2D eigenvalue weighted by molar-refractivity contribution is -0.138. The molecule has 0 aliphatic carbocycles. The minimum Gasteiger partial charge on any atom is -0.383 e. The van der Waals surface area contributed by atoms with Crippen molar-refractivity contribution in [2.75, 3.05) is 33.4 Å². The van der Waals surface area contributed by atoms with Crippen molar-refractivity contribution >= 4 is 5.91 Å². The first kappa shape index (κ1) is 13.5. The molecule has 0 aromatic heterocycles. The van der Waals surface area contributed by atoms with E-state index < -0.39 is 0 Å². The predicted octanol–water partition coefficient (Wildman–Crippen LogP) is 0.869. The van der Waals surface area contributed by atoms with Gasteiger partial charge < -0.3 is 15.0 Å². The Balaban J connectivity index is 2.45. The number of rotatable bonds is 6. The summed E-state index contributed by atoms with van der Waals surface area (Å²) in [6, 6.07) is 0.254. The Morgan fingerprint density at radius 2 is 2.38 bits per heavy atom. The molecule has 1 rings (SSSR count). The second-order valence-corrected chi connectivity index (χ2v) is 4.54. The van der Waals surface area contributed by atoms with Gasteiger partial charge in [-0.1, -0.05) is 13.8 Å². The number of nitrogens with zero attached hydrogens (tertiary/aromatic N) is 1. The quantitative estimate of drug-likeness (QED) is 0.733. The molecule has 0 spiro atoms. The van der Waals surface area contributed by atoms with Gasteiger partial charge in [-0.3, -0.25) is 4.79 Å². The molecule has 0 aromatic rings. The number of ether oxygens (including phenoxy) is 1. The maximum absolute atomic E-state index is 11.9. The Morgan fingerprint density at radius 3 is 3.00 bits per heavy atom. The molecule has 1 aliphatic rings. The summed E-state index contributed by atoms with van der Waals surface area (Å²) in [5.41, 5.74) is 0. The van der Waals surface area contributed by atoms with Crippen LogP contribution in [0, 0.1) is 5.92 Å². The number of amides is 1. The summed E-state index contributed by atoms with van der Waals surface area (Å²) in [6.45, 7) is 7.33. The summed E-state index contributed by atoms with van der Waals surface area (Å²) in [7, 11) is 1.70. The summed E-state index contributed by atoms with van der Waals surface area (Å²) >= 11 is 0. The van der Waals surface area contributed by atoms with Gasteiger partial charge in [-0.15, -0.1) is 0 Å². The molecule has 2 unspecified atom stereocenters. The highest BCUT2D eigenvalue weighted by Crippen LogP contribution is 2.17. The largest absolute Gasteiger partial charge is 0.383 e. The molecule has 0 saturated carbocycles. The van der Waals surface area contributed by atoms with Gasteiger partial charge in [0.25, 0.3) is 0 Å². The molecule has 1 aliphatic heterocycles. The van der Waals surface area contributed by atoms with Gasteiger partial charge >= 0.3 is 0 Å². The van der Waals surface area contributed by atoms with E-state index >= 15 is 0 Å². The van der Waals surface area contributed by atoms with Crippen LogP contribution in [-0.4, -0.2) is 50.2 Å². The first-order chi connectivity index (χ1) is 7.69. The normalized spacial score (nSPS) is 23.6. The summed E-state index contributed by atoms with van der Waals surface area (Å²) in [4.78, 5) is 13.9. The molecule has 2 atom stereocenters. The number of nitrogens with one attached hydrogen (secondary N) is 1. The van der Waals surface area contributed by atoms with E-state index in [1.165, 1.54) is 0 Å². The Hall–Kier alpha value is -0.610. The highest BCUT2D eigenvalue weighted by molar-refractivity contribution is 5.79. The third-order valence-electron chi connectivity index (χ3n) is 3.10. The van der Waals surface area contributed by atoms with E-state index in [1.54, 1.807) is 7.11 Å². The molecule has 1 fully saturated rings. The molecular formula is C12H24N2O2. The number of hydrogen-bond donors (Lipinski definition) is 1. The summed E-state index contributed by atoms with van der Waals surface area (Å²) in [5.74, 6) is 0.490. The lowest BCUT2D eigenvalue weighted by atomic mass is 9.99. The number of carbonyl (C=O) groups is 1. The Bertz CT molecular complexity index is 215. The van der Waals surface area contributed by atoms with Gasteiger partial charge in [0.05, 0.1) is 6.61 Å². The van der Waals surface area contributed by atoms with Gasteiger partial charge in [0, 0.05) is 32.2 Å². The zero-order valence-corrected chi connectivity index (χ0v) is 10.7. The highest BCUT2D eigenvalue weighted by atomic mass is 16.5. The monoisotopic (exact) mass is 228 g/mol. The molecule has 0 bridgehead atoms. The minimum atomic E-state index is 0.193. The zero-order valence-electron chi connectivity index (χ0n) is 10.7. The van der Waals surface area contributed by atoms with Gasteiger partial charge in [0.15, 0.2) is 0 Å². The van der Waals surface area contributed by atoms with Crippen LogP contribution in [0.15, 0.2) is 0 Å². The van der Waals surface area contributed by atoms with Crippen molar-refractivity contribution in [3.8, 4) is 0 Å². The van der Waals surface area contributed by atoms with Crippen LogP contribution in [0.3, 0.4) is 0 Å². The molecule has 4 heteroatoms. The maximum Gasteiger partial charge on any atom is 0.225 e. The number of likely N-dealkylation sites (tertiary alicyclic amines) is 1. The number of carbonyl (C=O) groups excluding carboxylic acids is 1. The lowest BCUT2D eigenvalue weighted by Gasteiger charge is -2.33. The fraction of sp³-hybridized carbons (Fsp3) is 0.917. The van der Waals surface area contributed by atoms with E-state index in [2.05, 4.69) is 12.2 Å². The molecule has 0 radical (unpaired) electrons. The van der Waals surface area contributed by atoms with Gasteiger partial charge in [-0.05, 0) is 19.4 Å². The molecule has 1 heterocycles. The Labute approximate surface area is 98.3 Å². The number of piperidine rings is 1. The van der Waals surface area contributed by atoms with E-state index in [0.29, 0.717) is 12.5 Å². The van der Waals surface area contributed by atoms with Crippen molar-refractivity contribution in [2.24, 2.45) is 5.92 Å². The number of likely N-dealkylation sites (N-methyl/N-ethyl adjacent to an activating group) is 1. The molecule has 0 aromatic carbocycles. The molecule has 1 N–H and O–H groups in total. The van der Waals surface area contributed by atoms with Crippen LogP contribution in [0.5, 0.6) is 0 Å². The van der Waals surface area contributed by atoms with E-state index in [4.69, 9.17) is 4.74 Å². The summed E-state index contributed by atoms with van der Waals surface area (Å²) in [6.07, 6.45) is 2.16. The van der Waals surface area contributed by atoms with Gasteiger partial charge in [0.1, 0.15) is 0 Å². The van der Waals surface area contributed by atoms with Crippen LogP contribution in [0.1, 0.15) is 26.7 Å². The smallest absolute Gasteiger partial charge is 0.225 e. The van der Waals surface area contributed by atoms with E-state index in [0.717, 1.165) is 32.5 Å². The highest BCUT2D eigenvalue weighted by Gasteiger charge is 2.26. The van der Waals surface area contributed by atoms with Crippen molar-refractivity contribution in [3.63, 3.8) is 0 Å². The maximum atomic E-state index is 11.9. The van der Waals surface area contributed by atoms with Crippen LogP contribution in [-0.2, 0) is 9.53 Å². The SMILES string of the molecule is CCNC(COC)CN1CCCC(C)C1=O. The van der Waals surface area contributed by atoms with Gasteiger partial charge in [-0.2, -0.15) is 0 Å². The summed E-state index contributed by atoms with van der Waals surface area (Å²) in [5, 5.41) is 3.35. The zero-order chi connectivity index (χ0) is 12.0. The average molecular weight is 228 g/mol. The van der Waals surface area contributed by atoms with Crippen molar-refractivity contribution in [1.29, 1.82) is 0 Å². The molecule has 16 heavy (non-hydrogen) atoms. The summed E-state index contributed by atoms with van der Waals surface area (Å²) < 4.78 is 5.16. The van der Waals surface area contributed by atoms with E-state index in [1.807, 2.05) is 11.8 Å². The number of hydrogen-bond acceptors (Lipinski definition) is 3. The van der Waals surface area contributed by atoms with Crippen molar-refractivity contribution in [2.45, 2.75) is 32.7 Å². The fourth-order valence-corrected chi connectivity index (χ4v) is 2.25. The molecule has 94 valence electrons. The third kappa shape index (κ3) is 3.76. The lowest BCUT2D eigenvalue weighted by Crippen LogP contribution is -2.49. The van der Waals surface area contributed by atoms with Gasteiger partial charge in [0.2, 0.25) is 5.91 Å². The average Bonchev–Trinajstić information content (AvgIpc) is 2.25. The van der Waals surface area contributed by atoms with Gasteiger partial charge in [-0.25, -0.2) is 0 Å². The molecule has 1 amide bonds. The number of methoxy groups -OCH3 is 1. The van der Waals surface area contributed by atoms with Crippen LogP contribution in [0.25, 0.3) is 0 Å². The van der Waals surface area contributed by atoms with Crippen LogP contribution < -0.4 is 5.32 Å². The van der Waals surface area contributed by atoms with Crippen molar-refractivity contribution in [1.82, 2.24) is 10.2 Å². The Kier molecular flexibility index (Phi) is 5.77. The molecule has 4 nitrogen and oxygen atoms in total.